The SMILES string of the molecule is CCCC(C)n1nc(C)c(CCl)c1C. The second kappa shape index (κ2) is 4.83. The van der Waals surface area contributed by atoms with Gasteiger partial charge in [-0.15, -0.1) is 11.6 Å². The van der Waals surface area contributed by atoms with Crippen molar-refractivity contribution in [2.45, 2.75) is 52.5 Å². The average Bonchev–Trinajstić information content (AvgIpc) is 2.42. The van der Waals surface area contributed by atoms with E-state index in [4.69, 9.17) is 11.6 Å². The summed E-state index contributed by atoms with van der Waals surface area (Å²) in [5.74, 6) is 0.566. The van der Waals surface area contributed by atoms with E-state index in [0.29, 0.717) is 11.9 Å². The van der Waals surface area contributed by atoms with Crippen LogP contribution in [0.4, 0.5) is 0 Å². The van der Waals surface area contributed by atoms with Gasteiger partial charge in [-0.3, -0.25) is 4.68 Å². The lowest BCUT2D eigenvalue weighted by molar-refractivity contribution is 0.443. The van der Waals surface area contributed by atoms with Gasteiger partial charge in [0.05, 0.1) is 11.6 Å². The maximum absolute atomic E-state index is 5.88. The van der Waals surface area contributed by atoms with Crippen LogP contribution in [0, 0.1) is 13.8 Å². The van der Waals surface area contributed by atoms with Crippen LogP contribution in [-0.4, -0.2) is 9.78 Å². The zero-order chi connectivity index (χ0) is 10.7. The number of hydrogen-bond acceptors (Lipinski definition) is 1. The van der Waals surface area contributed by atoms with Crippen LogP contribution < -0.4 is 0 Å². The Morgan fingerprint density at radius 3 is 2.50 bits per heavy atom. The molecule has 0 saturated heterocycles. The van der Waals surface area contributed by atoms with Gasteiger partial charge in [0.1, 0.15) is 0 Å². The number of nitrogens with zero attached hydrogens (tertiary/aromatic N) is 2. The minimum Gasteiger partial charge on any atom is -0.267 e. The van der Waals surface area contributed by atoms with E-state index in [2.05, 4.69) is 30.6 Å². The Kier molecular flexibility index (Phi) is 3.99. The molecule has 3 heteroatoms. The average molecular weight is 215 g/mol. The molecule has 14 heavy (non-hydrogen) atoms. The summed E-state index contributed by atoms with van der Waals surface area (Å²) < 4.78 is 2.11. The molecule has 1 rings (SSSR count). The number of aromatic nitrogens is 2. The van der Waals surface area contributed by atoms with E-state index in [0.717, 1.165) is 5.69 Å². The first-order valence-corrected chi connectivity index (χ1v) is 5.75. The molecule has 1 aromatic heterocycles. The van der Waals surface area contributed by atoms with Crippen LogP contribution in [0.25, 0.3) is 0 Å². The highest BCUT2D eigenvalue weighted by Gasteiger charge is 2.13. The zero-order valence-electron chi connectivity index (χ0n) is 9.47. The van der Waals surface area contributed by atoms with E-state index < -0.39 is 0 Å². The molecule has 80 valence electrons. The van der Waals surface area contributed by atoms with Crippen molar-refractivity contribution < 1.29 is 0 Å². The molecule has 2 nitrogen and oxygen atoms in total. The summed E-state index contributed by atoms with van der Waals surface area (Å²) in [4.78, 5) is 0. The molecule has 0 bridgehead atoms. The molecule has 0 aromatic carbocycles. The fourth-order valence-corrected chi connectivity index (χ4v) is 2.25. The fourth-order valence-electron chi connectivity index (χ4n) is 1.86. The fraction of sp³-hybridized carbons (Fsp3) is 0.727. The molecule has 0 fully saturated rings. The molecule has 0 saturated carbocycles. The minimum atomic E-state index is 0.482. The molecule has 0 spiro atoms. The maximum Gasteiger partial charge on any atom is 0.0640 e. The first-order chi connectivity index (χ1) is 6.61. The van der Waals surface area contributed by atoms with E-state index in [-0.39, 0.29) is 0 Å². The predicted octanol–water partition coefficient (Wildman–Crippen LogP) is 3.60. The quantitative estimate of drug-likeness (QED) is 0.701. The monoisotopic (exact) mass is 214 g/mol. The first kappa shape index (κ1) is 11.6. The van der Waals surface area contributed by atoms with E-state index in [1.807, 2.05) is 6.92 Å². The van der Waals surface area contributed by atoms with Crippen molar-refractivity contribution >= 4 is 11.6 Å². The molecule has 1 aromatic rings. The lowest BCUT2D eigenvalue weighted by atomic mass is 10.2. The molecule has 0 radical (unpaired) electrons. The molecule has 0 N–H and O–H groups in total. The van der Waals surface area contributed by atoms with Gasteiger partial charge in [0.25, 0.3) is 0 Å². The molecular weight excluding hydrogens is 196 g/mol. The third-order valence-electron chi connectivity index (χ3n) is 2.73. The van der Waals surface area contributed by atoms with E-state index >= 15 is 0 Å². The Bertz CT molecular complexity index is 304. The van der Waals surface area contributed by atoms with Crippen molar-refractivity contribution in [3.63, 3.8) is 0 Å². The van der Waals surface area contributed by atoms with E-state index in [1.165, 1.54) is 24.1 Å². The van der Waals surface area contributed by atoms with Crippen LogP contribution in [0.5, 0.6) is 0 Å². The van der Waals surface area contributed by atoms with Crippen molar-refractivity contribution in [3.05, 3.63) is 17.0 Å². The molecule has 0 aliphatic heterocycles. The van der Waals surface area contributed by atoms with Gasteiger partial charge in [-0.2, -0.15) is 5.10 Å². The van der Waals surface area contributed by atoms with Crippen molar-refractivity contribution in [2.24, 2.45) is 0 Å². The summed E-state index contributed by atoms with van der Waals surface area (Å²) in [5, 5.41) is 4.53. The summed E-state index contributed by atoms with van der Waals surface area (Å²) in [6.45, 7) is 8.54. The second-order valence-electron chi connectivity index (χ2n) is 3.87. The Labute approximate surface area is 91.3 Å². The van der Waals surface area contributed by atoms with Crippen LogP contribution in [-0.2, 0) is 5.88 Å². The topological polar surface area (TPSA) is 17.8 Å². The zero-order valence-corrected chi connectivity index (χ0v) is 10.2. The predicted molar refractivity (Wildman–Crippen MR) is 60.9 cm³/mol. The number of alkyl halides is 1. The molecule has 1 unspecified atom stereocenters. The largest absolute Gasteiger partial charge is 0.267 e. The first-order valence-electron chi connectivity index (χ1n) is 5.22. The summed E-state index contributed by atoms with van der Waals surface area (Å²) in [5.41, 5.74) is 3.48. The highest BCUT2D eigenvalue weighted by molar-refractivity contribution is 6.17. The van der Waals surface area contributed by atoms with Gasteiger partial charge in [0.15, 0.2) is 0 Å². The van der Waals surface area contributed by atoms with Gasteiger partial charge in [-0.05, 0) is 27.2 Å². The van der Waals surface area contributed by atoms with Crippen LogP contribution in [0.1, 0.15) is 49.7 Å². The standard InChI is InChI=1S/C11H19ClN2/c1-5-6-8(2)14-10(4)11(7-12)9(3)13-14/h8H,5-7H2,1-4H3. The molecular formula is C11H19ClN2. The Balaban J connectivity index is 2.98. The molecule has 1 heterocycles. The Morgan fingerprint density at radius 2 is 2.07 bits per heavy atom. The van der Waals surface area contributed by atoms with Gasteiger partial charge < -0.3 is 0 Å². The third kappa shape index (κ3) is 2.11. The van der Waals surface area contributed by atoms with Gasteiger partial charge in [0, 0.05) is 17.3 Å². The highest BCUT2D eigenvalue weighted by Crippen LogP contribution is 2.21. The van der Waals surface area contributed by atoms with E-state index in [1.54, 1.807) is 0 Å². The smallest absolute Gasteiger partial charge is 0.0640 e. The van der Waals surface area contributed by atoms with Crippen molar-refractivity contribution in [2.75, 3.05) is 0 Å². The van der Waals surface area contributed by atoms with Crippen LogP contribution in [0.2, 0.25) is 0 Å². The van der Waals surface area contributed by atoms with Crippen molar-refractivity contribution in [3.8, 4) is 0 Å². The Hall–Kier alpha value is -0.500. The van der Waals surface area contributed by atoms with Gasteiger partial charge >= 0.3 is 0 Å². The molecule has 0 aliphatic carbocycles. The summed E-state index contributed by atoms with van der Waals surface area (Å²) in [6.07, 6.45) is 2.36. The van der Waals surface area contributed by atoms with Crippen LogP contribution in [0.3, 0.4) is 0 Å². The highest BCUT2D eigenvalue weighted by atomic mass is 35.5. The van der Waals surface area contributed by atoms with Gasteiger partial charge in [-0.1, -0.05) is 13.3 Å². The van der Waals surface area contributed by atoms with Gasteiger partial charge in [-0.25, -0.2) is 0 Å². The Morgan fingerprint density at radius 1 is 1.43 bits per heavy atom. The lowest BCUT2D eigenvalue weighted by Gasteiger charge is -2.13. The summed E-state index contributed by atoms with van der Waals surface area (Å²) in [7, 11) is 0. The summed E-state index contributed by atoms with van der Waals surface area (Å²) in [6, 6.07) is 0.482. The van der Waals surface area contributed by atoms with Crippen molar-refractivity contribution in [1.82, 2.24) is 9.78 Å². The van der Waals surface area contributed by atoms with Crippen molar-refractivity contribution in [1.29, 1.82) is 0 Å². The van der Waals surface area contributed by atoms with E-state index in [9.17, 15) is 0 Å². The molecule has 1 atom stereocenters. The van der Waals surface area contributed by atoms with Crippen LogP contribution in [0.15, 0.2) is 0 Å². The molecule has 0 amide bonds. The normalized spacial score (nSPS) is 13.2. The number of halogens is 1. The number of hydrogen-bond donors (Lipinski definition) is 0. The second-order valence-corrected chi connectivity index (χ2v) is 4.13. The third-order valence-corrected chi connectivity index (χ3v) is 3.00. The number of rotatable bonds is 4. The maximum atomic E-state index is 5.88. The molecule has 0 aliphatic rings. The lowest BCUT2D eigenvalue weighted by Crippen LogP contribution is -2.08. The van der Waals surface area contributed by atoms with Crippen LogP contribution >= 0.6 is 11.6 Å². The summed E-state index contributed by atoms with van der Waals surface area (Å²) >= 11 is 5.88. The number of aryl methyl sites for hydroxylation is 1. The van der Waals surface area contributed by atoms with Gasteiger partial charge in [0.2, 0.25) is 0 Å². The minimum absolute atomic E-state index is 0.482.